The predicted molar refractivity (Wildman–Crippen MR) is 70.5 cm³/mol. The van der Waals surface area contributed by atoms with Gasteiger partial charge in [-0.3, -0.25) is 9.89 Å². The number of nitrogens with one attached hydrogen (secondary N) is 1. The van der Waals surface area contributed by atoms with Crippen molar-refractivity contribution >= 4 is 5.91 Å². The number of aromatic amines is 1. The van der Waals surface area contributed by atoms with Crippen molar-refractivity contribution < 1.29 is 14.3 Å². The van der Waals surface area contributed by atoms with Crippen molar-refractivity contribution in [2.24, 2.45) is 0 Å². The molecule has 1 aromatic carbocycles. The van der Waals surface area contributed by atoms with Crippen LogP contribution in [0.2, 0.25) is 0 Å². The quantitative estimate of drug-likeness (QED) is 0.871. The molecule has 2 aromatic rings. The number of benzene rings is 1. The molecule has 1 aliphatic heterocycles. The van der Waals surface area contributed by atoms with E-state index in [0.29, 0.717) is 36.3 Å². The van der Waals surface area contributed by atoms with Crippen molar-refractivity contribution in [2.45, 2.75) is 12.5 Å². The molecule has 1 aromatic heterocycles. The first-order valence-corrected chi connectivity index (χ1v) is 6.42. The fraction of sp³-hybridized carbons (Fsp3) is 0.286. The molecule has 1 aliphatic rings. The number of β-amino-alcohol motifs (C(OH)–C–C–N with tert-alkyl or cyclic N) is 1. The summed E-state index contributed by atoms with van der Waals surface area (Å²) in [6.07, 6.45) is 1.48. The van der Waals surface area contributed by atoms with E-state index < -0.39 is 11.9 Å². The molecule has 0 bridgehead atoms. The second-order valence-corrected chi connectivity index (χ2v) is 4.83. The smallest absolute Gasteiger partial charge is 0.257 e. The number of carbonyl (C=O) groups excluding carboxylic acids is 1. The molecule has 5 nitrogen and oxygen atoms in total. The Morgan fingerprint density at radius 3 is 2.95 bits per heavy atom. The molecule has 0 aliphatic carbocycles. The zero-order chi connectivity index (χ0) is 14.1. The van der Waals surface area contributed by atoms with Crippen LogP contribution in [-0.2, 0) is 0 Å². The molecule has 1 amide bonds. The van der Waals surface area contributed by atoms with Gasteiger partial charge in [-0.1, -0.05) is 12.1 Å². The summed E-state index contributed by atoms with van der Waals surface area (Å²) >= 11 is 0. The van der Waals surface area contributed by atoms with E-state index in [-0.39, 0.29) is 5.91 Å². The molecule has 1 fully saturated rings. The lowest BCUT2D eigenvalue weighted by atomic mass is 10.1. The third kappa shape index (κ3) is 2.18. The average molecular weight is 275 g/mol. The van der Waals surface area contributed by atoms with Gasteiger partial charge in [-0.05, 0) is 18.6 Å². The van der Waals surface area contributed by atoms with Crippen LogP contribution in [-0.4, -0.2) is 45.3 Å². The van der Waals surface area contributed by atoms with E-state index in [2.05, 4.69) is 10.2 Å². The van der Waals surface area contributed by atoms with Crippen LogP contribution in [0.5, 0.6) is 0 Å². The lowest BCUT2D eigenvalue weighted by Crippen LogP contribution is -2.29. The molecule has 6 heteroatoms. The molecule has 3 rings (SSSR count). The summed E-state index contributed by atoms with van der Waals surface area (Å²) < 4.78 is 13.8. The van der Waals surface area contributed by atoms with Crippen molar-refractivity contribution in [3.05, 3.63) is 41.8 Å². The molecule has 1 saturated heterocycles. The summed E-state index contributed by atoms with van der Waals surface area (Å²) in [7, 11) is 0. The highest BCUT2D eigenvalue weighted by Gasteiger charge is 2.28. The van der Waals surface area contributed by atoms with Crippen LogP contribution in [0.25, 0.3) is 11.3 Å². The summed E-state index contributed by atoms with van der Waals surface area (Å²) in [6.45, 7) is 0.808. The maximum absolute atomic E-state index is 13.8. The minimum absolute atomic E-state index is 0.242. The van der Waals surface area contributed by atoms with E-state index in [1.807, 2.05) is 0 Å². The first-order chi connectivity index (χ1) is 9.66. The number of hydrogen-bond acceptors (Lipinski definition) is 3. The summed E-state index contributed by atoms with van der Waals surface area (Å²) in [5.41, 5.74) is 1.01. The molecular weight excluding hydrogens is 261 g/mol. The Labute approximate surface area is 115 Å². The second-order valence-electron chi connectivity index (χ2n) is 4.83. The standard InChI is InChI=1S/C14H14FN3O2/c15-12-4-2-1-3-10(12)13-11(7-16-17-13)14(20)18-6-5-9(19)8-18/h1-4,7,9,19H,5-6,8H2,(H,16,17)/t9-/m1/s1. The second kappa shape index (κ2) is 5.05. The number of H-pyrrole nitrogens is 1. The first kappa shape index (κ1) is 12.8. The van der Waals surface area contributed by atoms with Gasteiger partial charge in [-0.2, -0.15) is 5.10 Å². The van der Waals surface area contributed by atoms with E-state index in [0.717, 1.165) is 0 Å². The fourth-order valence-electron chi connectivity index (χ4n) is 2.41. The van der Waals surface area contributed by atoms with Crippen LogP contribution in [0.3, 0.4) is 0 Å². The Hall–Kier alpha value is -2.21. The summed E-state index contributed by atoms with van der Waals surface area (Å²) in [5, 5.41) is 16.0. The van der Waals surface area contributed by atoms with Gasteiger partial charge in [0.1, 0.15) is 5.82 Å². The number of halogens is 1. The zero-order valence-corrected chi connectivity index (χ0v) is 10.7. The van der Waals surface area contributed by atoms with E-state index in [1.165, 1.54) is 12.3 Å². The van der Waals surface area contributed by atoms with Gasteiger partial charge in [0.05, 0.1) is 23.6 Å². The summed E-state index contributed by atoms with van der Waals surface area (Å²) in [4.78, 5) is 13.9. The predicted octanol–water partition coefficient (Wildman–Crippen LogP) is 1.42. The Kier molecular flexibility index (Phi) is 3.23. The summed E-state index contributed by atoms with van der Waals surface area (Å²) in [5.74, 6) is -0.652. The van der Waals surface area contributed by atoms with Crippen LogP contribution < -0.4 is 0 Å². The highest BCUT2D eigenvalue weighted by atomic mass is 19.1. The van der Waals surface area contributed by atoms with E-state index in [4.69, 9.17) is 0 Å². The number of aliphatic hydroxyl groups is 1. The number of hydrogen-bond donors (Lipinski definition) is 2. The van der Waals surface area contributed by atoms with Gasteiger partial charge in [-0.15, -0.1) is 0 Å². The summed E-state index contributed by atoms with van der Waals surface area (Å²) in [6, 6.07) is 6.23. The Morgan fingerprint density at radius 1 is 1.45 bits per heavy atom. The van der Waals surface area contributed by atoms with Crippen LogP contribution in [0.15, 0.2) is 30.5 Å². The van der Waals surface area contributed by atoms with Gasteiger partial charge in [-0.25, -0.2) is 4.39 Å². The molecule has 0 saturated carbocycles. The number of nitrogens with zero attached hydrogens (tertiary/aromatic N) is 2. The van der Waals surface area contributed by atoms with Gasteiger partial charge in [0.15, 0.2) is 0 Å². The van der Waals surface area contributed by atoms with Crippen LogP contribution in [0.4, 0.5) is 4.39 Å². The normalized spacial score (nSPS) is 18.5. The molecule has 0 radical (unpaired) electrons. The SMILES string of the molecule is O=C(c1cn[nH]c1-c1ccccc1F)N1CC[C@@H](O)C1. The maximum Gasteiger partial charge on any atom is 0.257 e. The minimum Gasteiger partial charge on any atom is -0.391 e. The number of amides is 1. The third-order valence-electron chi connectivity index (χ3n) is 3.46. The van der Waals surface area contributed by atoms with Crippen LogP contribution in [0.1, 0.15) is 16.8 Å². The molecule has 0 unspecified atom stereocenters. The van der Waals surface area contributed by atoms with Crippen molar-refractivity contribution in [2.75, 3.05) is 13.1 Å². The van der Waals surface area contributed by atoms with Gasteiger partial charge < -0.3 is 10.0 Å². The van der Waals surface area contributed by atoms with Gasteiger partial charge in [0, 0.05) is 18.7 Å². The number of aromatic nitrogens is 2. The topological polar surface area (TPSA) is 69.2 Å². The Balaban J connectivity index is 1.95. The lowest BCUT2D eigenvalue weighted by molar-refractivity contribution is 0.0766. The number of carbonyl (C=O) groups is 1. The monoisotopic (exact) mass is 275 g/mol. The lowest BCUT2D eigenvalue weighted by Gasteiger charge is -2.15. The molecule has 104 valence electrons. The number of aliphatic hydroxyl groups excluding tert-OH is 1. The van der Waals surface area contributed by atoms with Gasteiger partial charge >= 0.3 is 0 Å². The molecule has 2 N–H and O–H groups in total. The molecular formula is C14H14FN3O2. The van der Waals surface area contributed by atoms with E-state index >= 15 is 0 Å². The van der Waals surface area contributed by atoms with E-state index in [1.54, 1.807) is 23.1 Å². The molecule has 2 heterocycles. The van der Waals surface area contributed by atoms with Crippen molar-refractivity contribution in [1.82, 2.24) is 15.1 Å². The molecule has 0 spiro atoms. The van der Waals surface area contributed by atoms with Crippen molar-refractivity contribution in [3.8, 4) is 11.3 Å². The largest absolute Gasteiger partial charge is 0.391 e. The minimum atomic E-state index is -0.484. The highest BCUT2D eigenvalue weighted by Crippen LogP contribution is 2.25. The maximum atomic E-state index is 13.8. The van der Waals surface area contributed by atoms with Gasteiger partial charge in [0.25, 0.3) is 5.91 Å². The van der Waals surface area contributed by atoms with Crippen molar-refractivity contribution in [3.63, 3.8) is 0 Å². The molecule has 20 heavy (non-hydrogen) atoms. The third-order valence-corrected chi connectivity index (χ3v) is 3.46. The zero-order valence-electron chi connectivity index (χ0n) is 10.7. The fourth-order valence-corrected chi connectivity index (χ4v) is 2.41. The van der Waals surface area contributed by atoms with Gasteiger partial charge in [0.2, 0.25) is 0 Å². The average Bonchev–Trinajstić information content (AvgIpc) is 3.07. The number of likely N-dealkylation sites (tertiary alicyclic amines) is 1. The van der Waals surface area contributed by atoms with Crippen molar-refractivity contribution in [1.29, 1.82) is 0 Å². The number of rotatable bonds is 2. The molecule has 1 atom stereocenters. The first-order valence-electron chi connectivity index (χ1n) is 6.42. The Morgan fingerprint density at radius 2 is 2.25 bits per heavy atom. The van der Waals surface area contributed by atoms with E-state index in [9.17, 15) is 14.3 Å². The van der Waals surface area contributed by atoms with Crippen LogP contribution in [0, 0.1) is 5.82 Å². The Bertz CT molecular complexity index is 641. The van der Waals surface area contributed by atoms with Crippen LogP contribution >= 0.6 is 0 Å². The highest BCUT2D eigenvalue weighted by molar-refractivity contribution is 5.99.